The second-order valence-electron chi connectivity index (χ2n) is 5.58. The number of nitrogens with zero attached hydrogens (tertiary/aromatic N) is 1. The number of carbonyl (C=O) groups excluding carboxylic acids is 2. The number of likely N-dealkylation sites (tertiary alicyclic amines) is 1. The molecule has 2 rings (SSSR count). The van der Waals surface area contributed by atoms with Gasteiger partial charge >= 0.3 is 0 Å². The van der Waals surface area contributed by atoms with E-state index in [1.807, 2.05) is 23.1 Å². The highest BCUT2D eigenvalue weighted by Gasteiger charge is 2.37. The van der Waals surface area contributed by atoms with Gasteiger partial charge in [-0.25, -0.2) is 0 Å². The Morgan fingerprint density at radius 2 is 1.95 bits per heavy atom. The summed E-state index contributed by atoms with van der Waals surface area (Å²) in [4.78, 5) is 25.5. The first-order chi connectivity index (χ1) is 9.49. The minimum atomic E-state index is 0.0884. The minimum absolute atomic E-state index is 0.0884. The topological polar surface area (TPSA) is 37.4 Å². The molecule has 0 saturated carbocycles. The second kappa shape index (κ2) is 6.44. The highest BCUT2D eigenvalue weighted by molar-refractivity contribution is 8.14. The Balaban J connectivity index is 2.19. The van der Waals surface area contributed by atoms with E-state index in [1.165, 1.54) is 17.3 Å². The van der Waals surface area contributed by atoms with Crippen LogP contribution in [0.4, 0.5) is 0 Å². The fraction of sp³-hybridized carbons (Fsp3) is 0.500. The summed E-state index contributed by atoms with van der Waals surface area (Å²) in [6.07, 6.45) is 0.473. The Morgan fingerprint density at radius 3 is 2.50 bits per heavy atom. The first kappa shape index (κ1) is 15.1. The van der Waals surface area contributed by atoms with Crippen LogP contribution >= 0.6 is 11.8 Å². The van der Waals surface area contributed by atoms with E-state index in [2.05, 4.69) is 26.0 Å². The molecule has 1 aliphatic heterocycles. The lowest BCUT2D eigenvalue weighted by Crippen LogP contribution is -2.33. The third-order valence-corrected chi connectivity index (χ3v) is 4.54. The molecule has 1 amide bonds. The van der Waals surface area contributed by atoms with Crippen molar-refractivity contribution in [2.45, 2.75) is 38.5 Å². The Labute approximate surface area is 124 Å². The molecule has 1 heterocycles. The van der Waals surface area contributed by atoms with Crippen molar-refractivity contribution in [2.75, 3.05) is 6.54 Å². The zero-order chi connectivity index (χ0) is 14.7. The molecule has 0 aromatic heterocycles. The van der Waals surface area contributed by atoms with Crippen LogP contribution in [0.3, 0.4) is 0 Å². The van der Waals surface area contributed by atoms with E-state index in [9.17, 15) is 9.59 Å². The maximum atomic E-state index is 12.3. The molecular formula is C16H21NO2S. The molecule has 2 unspecified atom stereocenters. The highest BCUT2D eigenvalue weighted by atomic mass is 32.2. The highest BCUT2D eigenvalue weighted by Crippen LogP contribution is 2.35. The number of amides is 1. The lowest BCUT2D eigenvalue weighted by atomic mass is 9.95. The molecule has 1 aromatic rings. The number of carbonyl (C=O) groups is 2. The van der Waals surface area contributed by atoms with Crippen molar-refractivity contribution in [1.29, 1.82) is 0 Å². The van der Waals surface area contributed by atoms with Crippen LogP contribution in [0.1, 0.15) is 38.8 Å². The average molecular weight is 291 g/mol. The van der Waals surface area contributed by atoms with Crippen LogP contribution in [0.2, 0.25) is 0 Å². The summed E-state index contributed by atoms with van der Waals surface area (Å²) < 4.78 is 0. The molecule has 0 N–H and O–H groups in total. The number of thioether (sulfide) groups is 1. The van der Waals surface area contributed by atoms with Gasteiger partial charge < -0.3 is 4.90 Å². The van der Waals surface area contributed by atoms with Gasteiger partial charge in [0, 0.05) is 25.1 Å². The normalized spacial score (nSPS) is 20.5. The molecule has 0 spiro atoms. The van der Waals surface area contributed by atoms with E-state index in [0.29, 0.717) is 18.9 Å². The quantitative estimate of drug-likeness (QED) is 0.854. The van der Waals surface area contributed by atoms with Crippen LogP contribution in [-0.2, 0) is 9.59 Å². The van der Waals surface area contributed by atoms with E-state index >= 15 is 0 Å². The van der Waals surface area contributed by atoms with Gasteiger partial charge in [-0.1, -0.05) is 55.9 Å². The molecule has 20 heavy (non-hydrogen) atoms. The maximum Gasteiger partial charge on any atom is 0.224 e. The van der Waals surface area contributed by atoms with Crippen LogP contribution in [-0.4, -0.2) is 27.7 Å². The van der Waals surface area contributed by atoms with Crippen molar-refractivity contribution in [1.82, 2.24) is 4.90 Å². The van der Waals surface area contributed by atoms with Gasteiger partial charge in [0.2, 0.25) is 5.91 Å². The predicted molar refractivity (Wildman–Crippen MR) is 82.4 cm³/mol. The minimum Gasteiger partial charge on any atom is -0.334 e. The first-order valence-corrected chi connectivity index (χ1v) is 7.88. The summed E-state index contributed by atoms with van der Waals surface area (Å²) in [5.74, 6) is 0.508. The summed E-state index contributed by atoms with van der Waals surface area (Å²) in [5, 5.41) is 0.190. The molecule has 1 aromatic carbocycles. The Kier molecular flexibility index (Phi) is 4.86. The van der Waals surface area contributed by atoms with Crippen molar-refractivity contribution >= 4 is 22.8 Å². The molecule has 3 nitrogen and oxygen atoms in total. The van der Waals surface area contributed by atoms with Gasteiger partial charge in [0.1, 0.15) is 0 Å². The monoisotopic (exact) mass is 291 g/mol. The maximum absolute atomic E-state index is 12.3. The smallest absolute Gasteiger partial charge is 0.224 e. The summed E-state index contributed by atoms with van der Waals surface area (Å²) in [5.41, 5.74) is 1.17. The van der Waals surface area contributed by atoms with Crippen LogP contribution < -0.4 is 0 Å². The summed E-state index contributed by atoms with van der Waals surface area (Å²) in [6, 6.07) is 10.2. The van der Waals surface area contributed by atoms with Gasteiger partial charge in [-0.15, -0.1) is 0 Å². The van der Waals surface area contributed by atoms with Gasteiger partial charge in [0.25, 0.3) is 0 Å². The van der Waals surface area contributed by atoms with Crippen LogP contribution in [0.25, 0.3) is 0 Å². The van der Waals surface area contributed by atoms with Crippen molar-refractivity contribution in [3.05, 3.63) is 35.9 Å². The fourth-order valence-corrected chi connectivity index (χ4v) is 3.79. The van der Waals surface area contributed by atoms with Crippen molar-refractivity contribution < 1.29 is 9.59 Å². The summed E-state index contributed by atoms with van der Waals surface area (Å²) in [7, 11) is 0. The molecule has 1 saturated heterocycles. The SMILES string of the molecule is CC(=O)SC1CC(=O)N(C(c2ccccc2)C(C)C)C1. The van der Waals surface area contributed by atoms with Gasteiger partial charge in [0.15, 0.2) is 5.12 Å². The Bertz CT molecular complexity index is 487. The van der Waals surface area contributed by atoms with Gasteiger partial charge in [-0.05, 0) is 11.5 Å². The predicted octanol–water partition coefficient (Wildman–Crippen LogP) is 3.26. The molecule has 4 heteroatoms. The third kappa shape index (κ3) is 3.42. The molecular weight excluding hydrogens is 270 g/mol. The van der Waals surface area contributed by atoms with Crippen LogP contribution in [0.5, 0.6) is 0 Å². The summed E-state index contributed by atoms with van der Waals surface area (Å²) in [6.45, 7) is 6.50. The van der Waals surface area contributed by atoms with Gasteiger partial charge in [0.05, 0.1) is 6.04 Å². The van der Waals surface area contributed by atoms with Crippen LogP contribution in [0, 0.1) is 5.92 Å². The molecule has 0 bridgehead atoms. The lowest BCUT2D eigenvalue weighted by molar-refractivity contribution is -0.130. The average Bonchev–Trinajstić information content (AvgIpc) is 2.70. The molecule has 0 aliphatic carbocycles. The molecule has 2 atom stereocenters. The molecule has 1 fully saturated rings. The van der Waals surface area contributed by atoms with Crippen molar-refractivity contribution in [3.63, 3.8) is 0 Å². The van der Waals surface area contributed by atoms with Crippen molar-refractivity contribution in [3.8, 4) is 0 Å². The largest absolute Gasteiger partial charge is 0.334 e. The standard InChI is InChI=1S/C16H21NO2S/c1-11(2)16(13-7-5-4-6-8-13)17-10-14(9-15(17)19)20-12(3)18/h4-8,11,14,16H,9-10H2,1-3H3. The van der Waals surface area contributed by atoms with E-state index in [1.54, 1.807) is 6.92 Å². The second-order valence-corrected chi connectivity index (χ2v) is 7.06. The lowest BCUT2D eigenvalue weighted by Gasteiger charge is -2.31. The number of rotatable bonds is 4. The molecule has 1 aliphatic rings. The zero-order valence-electron chi connectivity index (χ0n) is 12.2. The van der Waals surface area contributed by atoms with Crippen LogP contribution in [0.15, 0.2) is 30.3 Å². The zero-order valence-corrected chi connectivity index (χ0v) is 13.0. The van der Waals surface area contributed by atoms with E-state index in [-0.39, 0.29) is 22.3 Å². The van der Waals surface area contributed by atoms with E-state index in [4.69, 9.17) is 0 Å². The Hall–Kier alpha value is -1.29. The van der Waals surface area contributed by atoms with E-state index < -0.39 is 0 Å². The van der Waals surface area contributed by atoms with Crippen molar-refractivity contribution in [2.24, 2.45) is 5.92 Å². The number of benzene rings is 1. The fourth-order valence-electron chi connectivity index (χ4n) is 2.86. The molecule has 0 radical (unpaired) electrons. The number of hydrogen-bond acceptors (Lipinski definition) is 3. The first-order valence-electron chi connectivity index (χ1n) is 7.00. The summed E-state index contributed by atoms with van der Waals surface area (Å²) >= 11 is 1.29. The molecule has 108 valence electrons. The third-order valence-electron chi connectivity index (χ3n) is 3.56. The Morgan fingerprint density at radius 1 is 1.30 bits per heavy atom. The van der Waals surface area contributed by atoms with E-state index in [0.717, 1.165) is 0 Å². The number of hydrogen-bond donors (Lipinski definition) is 0. The van der Waals surface area contributed by atoms with Gasteiger partial charge in [-0.2, -0.15) is 0 Å². The van der Waals surface area contributed by atoms with Gasteiger partial charge in [-0.3, -0.25) is 9.59 Å².